The SMILES string of the molecule is COCC(O)CN(C)C(C)c1ccc(C(F)(F)F)cc1. The van der Waals surface area contributed by atoms with Gasteiger partial charge in [0.25, 0.3) is 0 Å². The predicted molar refractivity (Wildman–Crippen MR) is 70.4 cm³/mol. The number of hydrogen-bond donors (Lipinski definition) is 1. The number of nitrogens with zero attached hydrogens (tertiary/aromatic N) is 1. The molecule has 1 N–H and O–H groups in total. The molecule has 0 saturated carbocycles. The van der Waals surface area contributed by atoms with E-state index in [1.165, 1.54) is 19.2 Å². The van der Waals surface area contributed by atoms with E-state index in [-0.39, 0.29) is 12.6 Å². The van der Waals surface area contributed by atoms with E-state index in [2.05, 4.69) is 0 Å². The number of likely N-dealkylation sites (N-methyl/N-ethyl adjacent to an activating group) is 1. The smallest absolute Gasteiger partial charge is 0.389 e. The zero-order chi connectivity index (χ0) is 15.3. The average Bonchev–Trinajstić information content (AvgIpc) is 2.37. The molecule has 0 spiro atoms. The minimum Gasteiger partial charge on any atom is -0.389 e. The zero-order valence-corrected chi connectivity index (χ0v) is 11.8. The maximum Gasteiger partial charge on any atom is 0.416 e. The molecule has 1 aromatic carbocycles. The topological polar surface area (TPSA) is 32.7 Å². The van der Waals surface area contributed by atoms with Crippen molar-refractivity contribution in [2.24, 2.45) is 0 Å². The van der Waals surface area contributed by atoms with Gasteiger partial charge in [0.2, 0.25) is 0 Å². The van der Waals surface area contributed by atoms with Gasteiger partial charge in [0.1, 0.15) is 0 Å². The van der Waals surface area contributed by atoms with E-state index in [1.807, 2.05) is 11.8 Å². The lowest BCUT2D eigenvalue weighted by Crippen LogP contribution is -2.33. The molecule has 2 unspecified atom stereocenters. The Bertz CT molecular complexity index is 406. The third-order valence-electron chi connectivity index (χ3n) is 3.24. The van der Waals surface area contributed by atoms with E-state index in [0.717, 1.165) is 17.7 Å². The Morgan fingerprint density at radius 3 is 2.25 bits per heavy atom. The zero-order valence-electron chi connectivity index (χ0n) is 11.8. The summed E-state index contributed by atoms with van der Waals surface area (Å²) >= 11 is 0. The van der Waals surface area contributed by atoms with Crippen LogP contribution in [0, 0.1) is 0 Å². The fraction of sp³-hybridized carbons (Fsp3) is 0.571. The molecular weight excluding hydrogens is 271 g/mol. The largest absolute Gasteiger partial charge is 0.416 e. The van der Waals surface area contributed by atoms with Crippen molar-refractivity contribution in [2.75, 3.05) is 27.3 Å². The van der Waals surface area contributed by atoms with Gasteiger partial charge in [-0.1, -0.05) is 12.1 Å². The highest BCUT2D eigenvalue weighted by Crippen LogP contribution is 2.30. The molecule has 0 aliphatic rings. The number of ether oxygens (including phenoxy) is 1. The number of hydrogen-bond acceptors (Lipinski definition) is 3. The van der Waals surface area contributed by atoms with Crippen molar-refractivity contribution in [3.63, 3.8) is 0 Å². The van der Waals surface area contributed by atoms with Gasteiger partial charge in [-0.2, -0.15) is 13.2 Å². The van der Waals surface area contributed by atoms with Gasteiger partial charge >= 0.3 is 6.18 Å². The lowest BCUT2D eigenvalue weighted by atomic mass is 10.0. The van der Waals surface area contributed by atoms with E-state index in [9.17, 15) is 18.3 Å². The van der Waals surface area contributed by atoms with Crippen LogP contribution in [0.15, 0.2) is 24.3 Å². The molecule has 0 aliphatic carbocycles. The lowest BCUT2D eigenvalue weighted by molar-refractivity contribution is -0.137. The molecule has 0 fully saturated rings. The minimum atomic E-state index is -4.32. The number of benzene rings is 1. The van der Waals surface area contributed by atoms with Gasteiger partial charge in [-0.3, -0.25) is 4.90 Å². The first-order valence-corrected chi connectivity index (χ1v) is 6.30. The normalized spacial score (nSPS) is 15.4. The van der Waals surface area contributed by atoms with Gasteiger partial charge in [0.15, 0.2) is 0 Å². The number of rotatable bonds is 6. The fourth-order valence-corrected chi connectivity index (χ4v) is 1.94. The van der Waals surface area contributed by atoms with Crippen molar-refractivity contribution in [2.45, 2.75) is 25.2 Å². The van der Waals surface area contributed by atoms with Crippen LogP contribution < -0.4 is 0 Å². The fourth-order valence-electron chi connectivity index (χ4n) is 1.94. The molecule has 1 rings (SSSR count). The van der Waals surface area contributed by atoms with Crippen molar-refractivity contribution in [1.29, 1.82) is 0 Å². The van der Waals surface area contributed by atoms with Crippen LogP contribution in [0.4, 0.5) is 13.2 Å². The van der Waals surface area contributed by atoms with E-state index < -0.39 is 17.8 Å². The second-order valence-electron chi connectivity index (χ2n) is 4.84. The number of methoxy groups -OCH3 is 1. The highest BCUT2D eigenvalue weighted by Gasteiger charge is 2.30. The van der Waals surface area contributed by atoms with Crippen molar-refractivity contribution in [3.8, 4) is 0 Å². The van der Waals surface area contributed by atoms with Gasteiger partial charge in [0.05, 0.1) is 18.3 Å². The molecule has 0 bridgehead atoms. The van der Waals surface area contributed by atoms with E-state index >= 15 is 0 Å². The summed E-state index contributed by atoms with van der Waals surface area (Å²) in [6.45, 7) is 2.49. The van der Waals surface area contributed by atoms with Crippen LogP contribution >= 0.6 is 0 Å². The van der Waals surface area contributed by atoms with Crippen molar-refractivity contribution < 1.29 is 23.0 Å². The molecule has 114 valence electrons. The van der Waals surface area contributed by atoms with Crippen LogP contribution in [0.3, 0.4) is 0 Å². The summed E-state index contributed by atoms with van der Waals surface area (Å²) in [6.07, 6.45) is -4.94. The first-order chi connectivity index (χ1) is 9.25. The number of alkyl halides is 3. The summed E-state index contributed by atoms with van der Waals surface area (Å²) in [5.41, 5.74) is 0.112. The first kappa shape index (κ1) is 16.9. The summed E-state index contributed by atoms with van der Waals surface area (Å²) in [4.78, 5) is 1.87. The molecule has 6 heteroatoms. The van der Waals surface area contributed by atoms with Crippen molar-refractivity contribution >= 4 is 0 Å². The second kappa shape index (κ2) is 7.06. The predicted octanol–water partition coefficient (Wildman–Crippen LogP) is 2.71. The van der Waals surface area contributed by atoms with Crippen LogP contribution in [0.2, 0.25) is 0 Å². The molecule has 0 aliphatic heterocycles. The van der Waals surface area contributed by atoms with Gasteiger partial charge in [-0.25, -0.2) is 0 Å². The van der Waals surface area contributed by atoms with Crippen LogP contribution in [0.25, 0.3) is 0 Å². The molecule has 3 nitrogen and oxygen atoms in total. The maximum atomic E-state index is 12.5. The molecule has 0 saturated heterocycles. The standard InChI is InChI=1S/C14H20F3NO2/c1-10(18(2)8-13(19)9-20-3)11-4-6-12(7-5-11)14(15,16)17/h4-7,10,13,19H,8-9H2,1-3H3. The van der Waals surface area contributed by atoms with Crippen molar-refractivity contribution in [1.82, 2.24) is 4.90 Å². The Morgan fingerprint density at radius 2 is 1.80 bits per heavy atom. The number of aliphatic hydroxyl groups excluding tert-OH is 1. The quantitative estimate of drug-likeness (QED) is 0.874. The van der Waals surface area contributed by atoms with Gasteiger partial charge in [-0.05, 0) is 31.7 Å². The van der Waals surface area contributed by atoms with Gasteiger partial charge in [0, 0.05) is 19.7 Å². The summed E-state index contributed by atoms with van der Waals surface area (Å²) < 4.78 is 42.3. The van der Waals surface area contributed by atoms with Crippen LogP contribution in [0.5, 0.6) is 0 Å². The molecule has 0 radical (unpaired) electrons. The number of aliphatic hydroxyl groups is 1. The third-order valence-corrected chi connectivity index (χ3v) is 3.24. The van der Waals surface area contributed by atoms with E-state index in [0.29, 0.717) is 6.54 Å². The molecule has 1 aromatic rings. The third kappa shape index (κ3) is 4.77. The average molecular weight is 291 g/mol. The molecule has 0 amide bonds. The maximum absolute atomic E-state index is 12.5. The minimum absolute atomic E-state index is 0.0937. The van der Waals surface area contributed by atoms with E-state index in [4.69, 9.17) is 4.74 Å². The van der Waals surface area contributed by atoms with Crippen molar-refractivity contribution in [3.05, 3.63) is 35.4 Å². The Labute approximate surface area is 117 Å². The summed E-state index contributed by atoms with van der Waals surface area (Å²) in [5.74, 6) is 0. The lowest BCUT2D eigenvalue weighted by Gasteiger charge is -2.27. The molecule has 0 aromatic heterocycles. The molecular formula is C14H20F3NO2. The van der Waals surface area contributed by atoms with Crippen LogP contribution in [0.1, 0.15) is 24.1 Å². The Morgan fingerprint density at radius 1 is 1.25 bits per heavy atom. The summed E-state index contributed by atoms with van der Waals surface area (Å²) in [7, 11) is 3.31. The molecule has 0 heterocycles. The van der Waals surface area contributed by atoms with Crippen LogP contribution in [-0.4, -0.2) is 43.4 Å². The molecule has 2 atom stereocenters. The highest BCUT2D eigenvalue weighted by molar-refractivity contribution is 5.26. The Hall–Kier alpha value is -1.11. The monoisotopic (exact) mass is 291 g/mol. The van der Waals surface area contributed by atoms with Crippen LogP contribution in [-0.2, 0) is 10.9 Å². The highest BCUT2D eigenvalue weighted by atomic mass is 19.4. The first-order valence-electron chi connectivity index (χ1n) is 6.30. The van der Waals surface area contributed by atoms with E-state index in [1.54, 1.807) is 7.05 Å². The Balaban J connectivity index is 2.69. The second-order valence-corrected chi connectivity index (χ2v) is 4.84. The molecule has 20 heavy (non-hydrogen) atoms. The number of halogens is 3. The Kier molecular flexibility index (Phi) is 5.98. The summed E-state index contributed by atoms with van der Waals surface area (Å²) in [5, 5.41) is 9.65. The summed E-state index contributed by atoms with van der Waals surface area (Å²) in [6, 6.07) is 4.99. The van der Waals surface area contributed by atoms with Gasteiger partial charge < -0.3 is 9.84 Å². The van der Waals surface area contributed by atoms with Gasteiger partial charge in [-0.15, -0.1) is 0 Å².